The summed E-state index contributed by atoms with van der Waals surface area (Å²) >= 11 is -2.60. The maximum atomic E-state index is 14.0. The molecule has 22 heavy (non-hydrogen) atoms. The van der Waals surface area contributed by atoms with Gasteiger partial charge in [0.2, 0.25) is 0 Å². The number of benzene rings is 1. The monoisotopic (exact) mass is 326 g/mol. The second-order valence-electron chi connectivity index (χ2n) is 4.94. The zero-order chi connectivity index (χ0) is 15.9. The van der Waals surface area contributed by atoms with E-state index in [-0.39, 0.29) is 12.3 Å². The van der Waals surface area contributed by atoms with Gasteiger partial charge in [0.05, 0.1) is 18.3 Å². The number of carbonyl (C=O) groups is 1. The van der Waals surface area contributed by atoms with E-state index in [1.54, 1.807) is 6.07 Å². The second-order valence-corrected chi connectivity index (χ2v) is 5.76. The fourth-order valence-corrected chi connectivity index (χ4v) is 3.42. The lowest BCUT2D eigenvalue weighted by atomic mass is 9.91. The summed E-state index contributed by atoms with van der Waals surface area (Å²) in [5.41, 5.74) is 0.880. The molecule has 0 aliphatic heterocycles. The van der Waals surface area contributed by atoms with Crippen molar-refractivity contribution in [3.05, 3.63) is 41.7 Å². The van der Waals surface area contributed by atoms with Gasteiger partial charge in [0.25, 0.3) is 6.47 Å². The molecule has 0 N–H and O–H groups in total. The minimum Gasteiger partial charge on any atom is -0.755 e. The van der Waals surface area contributed by atoms with Crippen molar-refractivity contribution in [3.63, 3.8) is 0 Å². The van der Waals surface area contributed by atoms with Gasteiger partial charge in [-0.1, -0.05) is 18.2 Å². The van der Waals surface area contributed by atoms with Crippen LogP contribution >= 0.6 is 0 Å². The van der Waals surface area contributed by atoms with E-state index >= 15 is 0 Å². The summed E-state index contributed by atoms with van der Waals surface area (Å²) in [6, 6.07) is 5.34. The van der Waals surface area contributed by atoms with Crippen molar-refractivity contribution in [1.29, 1.82) is 0 Å². The highest BCUT2D eigenvalue weighted by Gasteiger charge is 2.27. The summed E-state index contributed by atoms with van der Waals surface area (Å²) in [6.07, 6.45) is 4.65. The van der Waals surface area contributed by atoms with Crippen molar-refractivity contribution in [3.8, 4) is 0 Å². The third-order valence-electron chi connectivity index (χ3n) is 3.63. The molecule has 0 aromatic heterocycles. The molecule has 1 aliphatic carbocycles. The molecule has 0 fully saturated rings. The number of halogens is 1. The fraction of sp³-hybridized carbons (Fsp3) is 0.400. The second kappa shape index (κ2) is 8.05. The molecule has 2 unspecified atom stereocenters. The Bertz CT molecular complexity index is 578. The van der Waals surface area contributed by atoms with E-state index in [0.29, 0.717) is 19.3 Å². The molecule has 0 radical (unpaired) electrons. The van der Waals surface area contributed by atoms with Crippen molar-refractivity contribution in [2.24, 2.45) is 0 Å². The summed E-state index contributed by atoms with van der Waals surface area (Å²) in [7, 11) is 0. The van der Waals surface area contributed by atoms with Gasteiger partial charge in [-0.05, 0) is 37.0 Å². The SMILES string of the molecule is O=COCCC1=CCCCC1N(c1ccccc1F)S(=O)[O-]. The average molecular weight is 326 g/mol. The number of rotatable bonds is 7. The van der Waals surface area contributed by atoms with E-state index in [4.69, 9.17) is 0 Å². The molecule has 5 nitrogen and oxygen atoms in total. The Kier molecular flexibility index (Phi) is 6.09. The molecule has 1 aliphatic rings. The molecule has 0 bridgehead atoms. The van der Waals surface area contributed by atoms with Gasteiger partial charge in [0, 0.05) is 17.7 Å². The third kappa shape index (κ3) is 3.92. The van der Waals surface area contributed by atoms with Crippen LogP contribution in [0.25, 0.3) is 0 Å². The van der Waals surface area contributed by atoms with Gasteiger partial charge in [0.1, 0.15) is 5.82 Å². The molecule has 0 saturated heterocycles. The number of hydrogen-bond acceptors (Lipinski definition) is 4. The molecule has 0 heterocycles. The number of hydrogen-bond donors (Lipinski definition) is 0. The zero-order valence-corrected chi connectivity index (χ0v) is 12.8. The smallest absolute Gasteiger partial charge is 0.293 e. The molecule has 7 heteroatoms. The highest BCUT2D eigenvalue weighted by Crippen LogP contribution is 2.32. The summed E-state index contributed by atoms with van der Waals surface area (Å²) in [6.45, 7) is 0.543. The Morgan fingerprint density at radius 1 is 1.45 bits per heavy atom. The van der Waals surface area contributed by atoms with E-state index in [9.17, 15) is 17.9 Å². The normalized spacial score (nSPS) is 19.2. The van der Waals surface area contributed by atoms with E-state index in [2.05, 4.69) is 4.74 Å². The van der Waals surface area contributed by atoms with E-state index in [1.807, 2.05) is 6.08 Å². The Morgan fingerprint density at radius 2 is 2.23 bits per heavy atom. The van der Waals surface area contributed by atoms with Gasteiger partial charge in [-0.25, -0.2) is 4.39 Å². The van der Waals surface area contributed by atoms with Crippen molar-refractivity contribution in [2.75, 3.05) is 10.9 Å². The molecule has 0 saturated carbocycles. The maximum absolute atomic E-state index is 14.0. The van der Waals surface area contributed by atoms with Crippen LogP contribution in [0.4, 0.5) is 10.1 Å². The first kappa shape index (κ1) is 16.6. The lowest BCUT2D eigenvalue weighted by molar-refractivity contribution is -0.128. The van der Waals surface area contributed by atoms with Crippen LogP contribution in [0.2, 0.25) is 0 Å². The summed E-state index contributed by atoms with van der Waals surface area (Å²) in [4.78, 5) is 10.2. The Hall–Kier alpha value is -1.73. The molecule has 0 amide bonds. The fourth-order valence-electron chi connectivity index (χ4n) is 2.66. The van der Waals surface area contributed by atoms with Gasteiger partial charge in [-0.3, -0.25) is 13.3 Å². The molecule has 2 rings (SSSR count). The first-order valence-corrected chi connectivity index (χ1v) is 8.05. The number of allylic oxidation sites excluding steroid dienone is 1. The predicted molar refractivity (Wildman–Crippen MR) is 80.2 cm³/mol. The molecular formula is C15H17FNO4S-. The third-order valence-corrected chi connectivity index (χ3v) is 4.40. The lowest BCUT2D eigenvalue weighted by Gasteiger charge is -2.38. The van der Waals surface area contributed by atoms with Gasteiger partial charge in [0.15, 0.2) is 0 Å². The van der Waals surface area contributed by atoms with E-state index < -0.39 is 23.1 Å². The largest absolute Gasteiger partial charge is 0.755 e. The van der Waals surface area contributed by atoms with Crippen LogP contribution in [0.15, 0.2) is 35.9 Å². The van der Waals surface area contributed by atoms with E-state index in [0.717, 1.165) is 22.7 Å². The molecule has 2 atom stereocenters. The quantitative estimate of drug-likeness (QED) is 0.334. The number of carbonyl (C=O) groups excluding carboxylic acids is 1. The molecular weight excluding hydrogens is 309 g/mol. The summed E-state index contributed by atoms with van der Waals surface area (Å²) in [5, 5.41) is 0. The van der Waals surface area contributed by atoms with Gasteiger partial charge in [-0.2, -0.15) is 0 Å². The molecule has 0 spiro atoms. The van der Waals surface area contributed by atoms with Crippen molar-refractivity contribution in [1.82, 2.24) is 0 Å². The van der Waals surface area contributed by atoms with Gasteiger partial charge >= 0.3 is 0 Å². The summed E-state index contributed by atoms with van der Waals surface area (Å²) < 4.78 is 43.1. The molecule has 120 valence electrons. The highest BCUT2D eigenvalue weighted by molar-refractivity contribution is 7.80. The Morgan fingerprint density at radius 3 is 2.91 bits per heavy atom. The minimum atomic E-state index is -2.60. The average Bonchev–Trinajstić information content (AvgIpc) is 2.51. The van der Waals surface area contributed by atoms with Crippen molar-refractivity contribution < 1.29 is 22.7 Å². The lowest BCUT2D eigenvalue weighted by Crippen LogP contribution is -2.40. The topological polar surface area (TPSA) is 69.7 Å². The first-order valence-electron chi connectivity index (χ1n) is 7.02. The van der Waals surface area contributed by atoms with Crippen LogP contribution in [-0.4, -0.2) is 27.9 Å². The van der Waals surface area contributed by atoms with Crippen LogP contribution < -0.4 is 4.31 Å². The zero-order valence-electron chi connectivity index (χ0n) is 11.9. The maximum Gasteiger partial charge on any atom is 0.293 e. The van der Waals surface area contributed by atoms with Crippen LogP contribution in [0.5, 0.6) is 0 Å². The number of para-hydroxylation sites is 1. The van der Waals surface area contributed by atoms with Gasteiger partial charge < -0.3 is 9.29 Å². The van der Waals surface area contributed by atoms with Crippen LogP contribution in [-0.2, 0) is 20.8 Å². The highest BCUT2D eigenvalue weighted by atomic mass is 32.2. The first-order chi connectivity index (χ1) is 10.6. The molecule has 1 aromatic carbocycles. The number of anilines is 1. The number of ether oxygens (including phenoxy) is 1. The molecule has 1 aromatic rings. The standard InChI is InChI=1S/C15H18FNO4S/c16-13-6-2-4-8-15(13)17(22(19)20)14-7-3-1-5-12(14)9-10-21-11-18/h2,4-6,8,11,14H,1,3,7,9-10H2,(H,19,20)/p-1. The van der Waals surface area contributed by atoms with Crippen LogP contribution in [0.1, 0.15) is 25.7 Å². The summed E-state index contributed by atoms with van der Waals surface area (Å²) in [5.74, 6) is -0.583. The predicted octanol–water partition coefficient (Wildman–Crippen LogP) is 2.47. The van der Waals surface area contributed by atoms with Crippen LogP contribution in [0, 0.1) is 5.82 Å². The van der Waals surface area contributed by atoms with Gasteiger partial charge in [-0.15, -0.1) is 0 Å². The Balaban J connectivity index is 2.28. The Labute approximate surface area is 131 Å². The van der Waals surface area contributed by atoms with Crippen molar-refractivity contribution in [2.45, 2.75) is 31.7 Å². The number of nitrogens with zero attached hydrogens (tertiary/aromatic N) is 1. The minimum absolute atomic E-state index is 0.0324. The van der Waals surface area contributed by atoms with E-state index in [1.165, 1.54) is 18.2 Å². The van der Waals surface area contributed by atoms with Crippen molar-refractivity contribution >= 4 is 23.4 Å². The van der Waals surface area contributed by atoms with Crippen LogP contribution in [0.3, 0.4) is 0 Å².